The molecule has 1 amide bonds. The molecule has 1 atom stereocenters. The number of amides is 1. The minimum Gasteiger partial charge on any atom is -0.384 e. The summed E-state index contributed by atoms with van der Waals surface area (Å²) in [6.45, 7) is 1.46. The van der Waals surface area contributed by atoms with Gasteiger partial charge >= 0.3 is 0 Å². The van der Waals surface area contributed by atoms with Crippen LogP contribution < -0.4 is 10.9 Å². The minimum absolute atomic E-state index is 0.0628. The molecule has 0 fully saturated rings. The van der Waals surface area contributed by atoms with Crippen LogP contribution in [-0.4, -0.2) is 22.1 Å². The zero-order valence-corrected chi connectivity index (χ0v) is 12.3. The van der Waals surface area contributed by atoms with E-state index in [1.165, 1.54) is 54.1 Å². The van der Waals surface area contributed by atoms with Gasteiger partial charge in [0.05, 0.1) is 6.54 Å². The highest BCUT2D eigenvalue weighted by Gasteiger charge is 2.24. The highest BCUT2D eigenvalue weighted by atomic mass is 19.1. The fourth-order valence-corrected chi connectivity index (χ4v) is 1.96. The average Bonchev–Trinajstić information content (AvgIpc) is 2.48. The van der Waals surface area contributed by atoms with Gasteiger partial charge in [0.25, 0.3) is 11.5 Å². The largest absolute Gasteiger partial charge is 0.384 e. The van der Waals surface area contributed by atoms with Gasteiger partial charge in [-0.25, -0.2) is 4.39 Å². The second-order valence-electron chi connectivity index (χ2n) is 5.33. The fraction of sp³-hybridized carbons (Fsp3) is 0.250. The number of benzene rings is 1. The maximum atomic E-state index is 12.9. The van der Waals surface area contributed by atoms with E-state index in [0.29, 0.717) is 5.56 Å². The van der Waals surface area contributed by atoms with Crippen molar-refractivity contribution in [3.05, 3.63) is 69.9 Å². The quantitative estimate of drug-likeness (QED) is 0.890. The smallest absolute Gasteiger partial charge is 0.251 e. The van der Waals surface area contributed by atoms with Crippen LogP contribution >= 0.6 is 0 Å². The number of nitrogens with zero attached hydrogens (tertiary/aromatic N) is 1. The van der Waals surface area contributed by atoms with E-state index in [2.05, 4.69) is 5.32 Å². The Hall–Kier alpha value is -2.47. The number of halogens is 1. The lowest BCUT2D eigenvalue weighted by atomic mass is 9.96. The zero-order chi connectivity index (χ0) is 16.3. The van der Waals surface area contributed by atoms with Crippen molar-refractivity contribution in [1.82, 2.24) is 9.88 Å². The molecule has 0 bridgehead atoms. The molecule has 6 heteroatoms. The number of aryl methyl sites for hydroxylation is 1. The predicted octanol–water partition coefficient (Wildman–Crippen LogP) is 1.16. The van der Waals surface area contributed by atoms with E-state index in [-0.39, 0.29) is 17.7 Å². The van der Waals surface area contributed by atoms with Crippen LogP contribution in [0.2, 0.25) is 0 Å². The first-order chi connectivity index (χ1) is 10.3. The summed E-state index contributed by atoms with van der Waals surface area (Å²) in [4.78, 5) is 23.5. The maximum absolute atomic E-state index is 12.9. The van der Waals surface area contributed by atoms with Gasteiger partial charge in [-0.15, -0.1) is 0 Å². The molecular formula is C16H17FN2O3. The summed E-state index contributed by atoms with van der Waals surface area (Å²) >= 11 is 0. The standard InChI is InChI=1S/C16H17FN2O3/c1-16(22,12-3-5-13(17)6-4-12)10-18-15(21)11-7-8-19(2)14(20)9-11/h3-9,22H,10H2,1-2H3,(H,18,21). The molecule has 0 saturated heterocycles. The first-order valence-corrected chi connectivity index (χ1v) is 6.73. The molecule has 5 nitrogen and oxygen atoms in total. The summed E-state index contributed by atoms with van der Waals surface area (Å²) in [5.41, 5.74) is -0.933. The summed E-state index contributed by atoms with van der Waals surface area (Å²) in [5, 5.41) is 12.9. The maximum Gasteiger partial charge on any atom is 0.251 e. The molecule has 2 aromatic rings. The Kier molecular flexibility index (Phi) is 4.42. The van der Waals surface area contributed by atoms with E-state index in [9.17, 15) is 19.1 Å². The third kappa shape index (κ3) is 3.59. The van der Waals surface area contributed by atoms with Gasteiger partial charge in [-0.2, -0.15) is 0 Å². The van der Waals surface area contributed by atoms with Crippen LogP contribution in [0.5, 0.6) is 0 Å². The second kappa shape index (κ2) is 6.11. The number of carbonyl (C=O) groups excluding carboxylic acids is 1. The van der Waals surface area contributed by atoms with Crippen molar-refractivity contribution in [1.29, 1.82) is 0 Å². The number of hydrogen-bond acceptors (Lipinski definition) is 3. The second-order valence-corrected chi connectivity index (χ2v) is 5.33. The van der Waals surface area contributed by atoms with Gasteiger partial charge in [-0.05, 0) is 30.7 Å². The number of nitrogens with one attached hydrogen (secondary N) is 1. The average molecular weight is 304 g/mol. The molecule has 0 aliphatic rings. The Balaban J connectivity index is 2.07. The Morgan fingerprint density at radius 1 is 1.32 bits per heavy atom. The van der Waals surface area contributed by atoms with Gasteiger partial charge in [0.2, 0.25) is 0 Å². The van der Waals surface area contributed by atoms with Crippen LogP contribution in [0.25, 0.3) is 0 Å². The molecule has 0 aliphatic carbocycles. The lowest BCUT2D eigenvalue weighted by Crippen LogP contribution is -2.39. The van der Waals surface area contributed by atoms with Crippen LogP contribution in [0, 0.1) is 5.82 Å². The zero-order valence-electron chi connectivity index (χ0n) is 12.3. The van der Waals surface area contributed by atoms with Crippen LogP contribution in [-0.2, 0) is 12.6 Å². The summed E-state index contributed by atoms with van der Waals surface area (Å²) in [6, 6.07) is 8.14. The molecule has 1 heterocycles. The topological polar surface area (TPSA) is 71.3 Å². The molecule has 0 saturated carbocycles. The third-order valence-electron chi connectivity index (χ3n) is 3.43. The van der Waals surface area contributed by atoms with Crippen molar-refractivity contribution >= 4 is 5.91 Å². The van der Waals surface area contributed by atoms with Gasteiger partial charge in [-0.1, -0.05) is 12.1 Å². The number of aromatic nitrogens is 1. The number of aliphatic hydroxyl groups is 1. The van der Waals surface area contributed by atoms with Gasteiger partial charge < -0.3 is 15.0 Å². The molecule has 0 aliphatic heterocycles. The van der Waals surface area contributed by atoms with Crippen molar-refractivity contribution in [2.24, 2.45) is 7.05 Å². The van der Waals surface area contributed by atoms with Crippen molar-refractivity contribution in [3.63, 3.8) is 0 Å². The van der Waals surface area contributed by atoms with Crippen LogP contribution in [0.1, 0.15) is 22.8 Å². The van der Waals surface area contributed by atoms with E-state index >= 15 is 0 Å². The van der Waals surface area contributed by atoms with Crippen molar-refractivity contribution < 1.29 is 14.3 Å². The molecule has 2 rings (SSSR count). The monoisotopic (exact) mass is 304 g/mol. The van der Waals surface area contributed by atoms with E-state index in [0.717, 1.165) is 0 Å². The molecule has 1 unspecified atom stereocenters. The summed E-state index contributed by atoms with van der Waals surface area (Å²) in [5.74, 6) is -0.858. The molecule has 1 aromatic heterocycles. The highest BCUT2D eigenvalue weighted by Crippen LogP contribution is 2.19. The Morgan fingerprint density at radius 3 is 2.55 bits per heavy atom. The number of carbonyl (C=O) groups is 1. The number of rotatable bonds is 4. The number of pyridine rings is 1. The summed E-state index contributed by atoms with van der Waals surface area (Å²) in [6.07, 6.45) is 1.50. The summed E-state index contributed by atoms with van der Waals surface area (Å²) < 4.78 is 14.3. The van der Waals surface area contributed by atoms with Crippen molar-refractivity contribution in [2.45, 2.75) is 12.5 Å². The molecule has 0 spiro atoms. The highest BCUT2D eigenvalue weighted by molar-refractivity contribution is 5.94. The predicted molar refractivity (Wildman–Crippen MR) is 80.0 cm³/mol. The van der Waals surface area contributed by atoms with Gasteiger partial charge in [0.1, 0.15) is 11.4 Å². The molecule has 1 aromatic carbocycles. The van der Waals surface area contributed by atoms with Crippen molar-refractivity contribution in [3.8, 4) is 0 Å². The number of hydrogen-bond donors (Lipinski definition) is 2. The van der Waals surface area contributed by atoms with Gasteiger partial charge in [0.15, 0.2) is 0 Å². The Morgan fingerprint density at radius 2 is 1.95 bits per heavy atom. The molecule has 2 N–H and O–H groups in total. The van der Waals surface area contributed by atoms with Gasteiger partial charge in [0, 0.05) is 24.9 Å². The SMILES string of the molecule is Cn1ccc(C(=O)NCC(C)(O)c2ccc(F)cc2)cc1=O. The van der Waals surface area contributed by atoms with Crippen LogP contribution in [0.15, 0.2) is 47.4 Å². The Bertz CT molecular complexity index is 736. The van der Waals surface area contributed by atoms with Gasteiger partial charge in [-0.3, -0.25) is 9.59 Å². The van der Waals surface area contributed by atoms with Crippen molar-refractivity contribution in [2.75, 3.05) is 6.54 Å². The van der Waals surface area contributed by atoms with E-state index < -0.39 is 17.3 Å². The third-order valence-corrected chi connectivity index (χ3v) is 3.43. The van der Waals surface area contributed by atoms with E-state index in [4.69, 9.17) is 0 Å². The van der Waals surface area contributed by atoms with Crippen LogP contribution in [0.4, 0.5) is 4.39 Å². The molecule has 0 radical (unpaired) electrons. The van der Waals surface area contributed by atoms with E-state index in [1.807, 2.05) is 0 Å². The van der Waals surface area contributed by atoms with Crippen LogP contribution in [0.3, 0.4) is 0 Å². The normalized spacial score (nSPS) is 13.5. The Labute approximate surface area is 127 Å². The molecule has 116 valence electrons. The molecular weight excluding hydrogens is 287 g/mol. The summed E-state index contributed by atoms with van der Waals surface area (Å²) in [7, 11) is 1.59. The molecule has 22 heavy (non-hydrogen) atoms. The lowest BCUT2D eigenvalue weighted by Gasteiger charge is -2.24. The first kappa shape index (κ1) is 15.9. The lowest BCUT2D eigenvalue weighted by molar-refractivity contribution is 0.0526. The fourth-order valence-electron chi connectivity index (χ4n) is 1.96. The minimum atomic E-state index is -1.34. The first-order valence-electron chi connectivity index (χ1n) is 6.73. The van der Waals surface area contributed by atoms with E-state index in [1.54, 1.807) is 7.05 Å².